The zero-order valence-electron chi connectivity index (χ0n) is 18.8. The fraction of sp³-hybridized carbons (Fsp3) is 0.333. The molecule has 3 amide bonds. The first-order valence-corrected chi connectivity index (χ1v) is 12.3. The van der Waals surface area contributed by atoms with Crippen molar-refractivity contribution in [2.45, 2.75) is 44.0 Å². The summed E-state index contributed by atoms with van der Waals surface area (Å²) in [5, 5.41) is 16.6. The number of nitrogens with two attached hydrogens (primary N) is 1. The number of nitro groups is 1. The van der Waals surface area contributed by atoms with E-state index in [0.717, 1.165) is 21.6 Å². The van der Waals surface area contributed by atoms with E-state index in [1.54, 1.807) is 45.0 Å². The van der Waals surface area contributed by atoms with E-state index in [9.17, 15) is 24.5 Å². The van der Waals surface area contributed by atoms with Crippen LogP contribution in [0, 0.1) is 10.1 Å². The fourth-order valence-corrected chi connectivity index (χ4v) is 4.74. The van der Waals surface area contributed by atoms with Gasteiger partial charge in [-0.1, -0.05) is 22.9 Å². The molecule has 0 saturated heterocycles. The molecule has 0 aliphatic carbocycles. The first-order chi connectivity index (χ1) is 16.0. The van der Waals surface area contributed by atoms with Crippen LogP contribution in [0.25, 0.3) is 0 Å². The summed E-state index contributed by atoms with van der Waals surface area (Å²) in [6, 6.07) is 8.27. The van der Waals surface area contributed by atoms with Gasteiger partial charge in [-0.05, 0) is 55.3 Å². The molecule has 1 aromatic heterocycles. The third kappa shape index (κ3) is 8.90. The number of alkyl carbamates (subject to hydrolysis) is 1. The maximum atomic E-state index is 12.8. The number of hydrogen-bond acceptors (Lipinski definition) is 9. The number of hydrogen-bond donors (Lipinski definition) is 3. The van der Waals surface area contributed by atoms with Crippen LogP contribution in [-0.4, -0.2) is 45.2 Å². The molecule has 1 aromatic carbocycles. The maximum Gasteiger partial charge on any atom is 0.408 e. The molecular weight excluding hydrogens is 482 g/mol. The van der Waals surface area contributed by atoms with E-state index in [1.807, 2.05) is 0 Å². The summed E-state index contributed by atoms with van der Waals surface area (Å²) < 4.78 is 5.24. The normalized spacial score (nSPS) is 11.9. The van der Waals surface area contributed by atoms with Crippen LogP contribution in [0.1, 0.15) is 36.7 Å². The van der Waals surface area contributed by atoms with Crippen molar-refractivity contribution >= 4 is 45.2 Å². The Morgan fingerprint density at radius 1 is 1.24 bits per heavy atom. The number of ether oxygens (including phenoxy) is 1. The number of pyridine rings is 1. The van der Waals surface area contributed by atoms with Crippen LogP contribution >= 0.6 is 21.6 Å². The minimum atomic E-state index is -1.01. The molecule has 1 atom stereocenters. The van der Waals surface area contributed by atoms with E-state index in [2.05, 4.69) is 15.6 Å². The summed E-state index contributed by atoms with van der Waals surface area (Å²) in [5.74, 6) is -1.02. The Bertz CT molecular complexity index is 1060. The first-order valence-electron chi connectivity index (χ1n) is 10.0. The smallest absolute Gasteiger partial charge is 0.408 e. The Morgan fingerprint density at radius 2 is 1.97 bits per heavy atom. The zero-order valence-corrected chi connectivity index (χ0v) is 20.4. The van der Waals surface area contributed by atoms with Gasteiger partial charge in [0, 0.05) is 30.1 Å². The number of nitrogens with one attached hydrogen (secondary N) is 2. The van der Waals surface area contributed by atoms with Crippen molar-refractivity contribution in [3.63, 3.8) is 0 Å². The first kappa shape index (κ1) is 26.9. The summed E-state index contributed by atoms with van der Waals surface area (Å²) in [4.78, 5) is 51.1. The van der Waals surface area contributed by atoms with E-state index >= 15 is 0 Å². The fourth-order valence-electron chi connectivity index (χ4n) is 2.52. The van der Waals surface area contributed by atoms with Crippen LogP contribution < -0.4 is 16.4 Å². The molecule has 11 nitrogen and oxygen atoms in total. The van der Waals surface area contributed by atoms with Gasteiger partial charge in [0.05, 0.1) is 4.92 Å². The molecule has 1 unspecified atom stereocenters. The second-order valence-corrected chi connectivity index (χ2v) is 10.3. The number of primary amides is 1. The molecule has 0 radical (unpaired) electrons. The Labute approximate surface area is 204 Å². The van der Waals surface area contributed by atoms with Crippen LogP contribution in [0.15, 0.2) is 47.6 Å². The Hall–Kier alpha value is -3.32. The number of rotatable bonds is 10. The SMILES string of the molecule is CC(C)(C)OC(=O)NC(CSSc1ncccc1[N+](=O)[O-])C(=O)NCc1cccc(C(N)=O)c1. The molecule has 2 rings (SSSR count). The van der Waals surface area contributed by atoms with Crippen LogP contribution in [0.4, 0.5) is 10.5 Å². The predicted octanol–water partition coefficient (Wildman–Crippen LogP) is 3.04. The van der Waals surface area contributed by atoms with Crippen LogP contribution in [0.5, 0.6) is 0 Å². The number of carbonyl (C=O) groups is 3. The van der Waals surface area contributed by atoms with Gasteiger partial charge in [0.2, 0.25) is 11.8 Å². The quantitative estimate of drug-likeness (QED) is 0.249. The van der Waals surface area contributed by atoms with E-state index < -0.39 is 34.5 Å². The molecule has 0 saturated carbocycles. The Balaban J connectivity index is 2.06. The Morgan fingerprint density at radius 3 is 2.62 bits per heavy atom. The number of nitrogens with zero attached hydrogens (tertiary/aromatic N) is 2. The Kier molecular flexibility index (Phi) is 9.69. The van der Waals surface area contributed by atoms with Gasteiger partial charge in [-0.2, -0.15) is 0 Å². The molecule has 0 spiro atoms. The molecule has 34 heavy (non-hydrogen) atoms. The summed E-state index contributed by atoms with van der Waals surface area (Å²) in [6.07, 6.45) is 0.650. The molecule has 0 aliphatic rings. The van der Waals surface area contributed by atoms with E-state index in [1.165, 1.54) is 18.3 Å². The highest BCUT2D eigenvalue weighted by Crippen LogP contribution is 2.35. The minimum absolute atomic E-state index is 0.0742. The van der Waals surface area contributed by atoms with E-state index in [-0.39, 0.29) is 23.0 Å². The van der Waals surface area contributed by atoms with Crippen molar-refractivity contribution in [3.8, 4) is 0 Å². The summed E-state index contributed by atoms with van der Waals surface area (Å²) >= 11 is 0. The average molecular weight is 508 g/mol. The van der Waals surface area contributed by atoms with Crippen LogP contribution in [0.2, 0.25) is 0 Å². The van der Waals surface area contributed by atoms with Gasteiger partial charge in [-0.3, -0.25) is 19.7 Å². The topological polar surface area (TPSA) is 167 Å². The predicted molar refractivity (Wildman–Crippen MR) is 129 cm³/mol. The number of benzene rings is 1. The highest BCUT2D eigenvalue weighted by molar-refractivity contribution is 8.76. The molecular formula is C21H25N5O6S2. The molecule has 2 aromatic rings. The van der Waals surface area contributed by atoms with E-state index in [4.69, 9.17) is 10.5 Å². The molecule has 4 N–H and O–H groups in total. The van der Waals surface area contributed by atoms with Crippen molar-refractivity contribution < 1.29 is 24.0 Å². The van der Waals surface area contributed by atoms with Gasteiger partial charge >= 0.3 is 11.8 Å². The van der Waals surface area contributed by atoms with Crippen LogP contribution in [-0.2, 0) is 16.1 Å². The molecule has 0 bridgehead atoms. The van der Waals surface area contributed by atoms with Crippen molar-refractivity contribution in [2.75, 3.05) is 5.75 Å². The number of carbonyl (C=O) groups excluding carboxylic acids is 3. The molecule has 0 aliphatic heterocycles. The molecule has 1 heterocycles. The van der Waals surface area contributed by atoms with Gasteiger partial charge in [0.1, 0.15) is 11.6 Å². The van der Waals surface area contributed by atoms with Crippen LogP contribution in [0.3, 0.4) is 0 Å². The highest BCUT2D eigenvalue weighted by atomic mass is 33.1. The maximum absolute atomic E-state index is 12.8. The van der Waals surface area contributed by atoms with Gasteiger partial charge < -0.3 is 21.1 Å². The third-order valence-electron chi connectivity index (χ3n) is 4.01. The zero-order chi connectivity index (χ0) is 25.3. The monoisotopic (exact) mass is 507 g/mol. The summed E-state index contributed by atoms with van der Waals surface area (Å²) in [6.45, 7) is 5.17. The van der Waals surface area contributed by atoms with Gasteiger partial charge in [-0.25, -0.2) is 9.78 Å². The highest BCUT2D eigenvalue weighted by Gasteiger charge is 2.25. The van der Waals surface area contributed by atoms with Gasteiger partial charge in [-0.15, -0.1) is 0 Å². The molecule has 0 fully saturated rings. The third-order valence-corrected chi connectivity index (χ3v) is 6.30. The lowest BCUT2D eigenvalue weighted by molar-refractivity contribution is -0.388. The van der Waals surface area contributed by atoms with Crippen molar-refractivity contribution in [2.24, 2.45) is 5.73 Å². The lowest BCUT2D eigenvalue weighted by atomic mass is 10.1. The number of aromatic nitrogens is 1. The van der Waals surface area contributed by atoms with Gasteiger partial charge in [0.15, 0.2) is 5.03 Å². The summed E-state index contributed by atoms with van der Waals surface area (Å²) in [5.41, 5.74) is 5.31. The van der Waals surface area contributed by atoms with Crippen molar-refractivity contribution in [3.05, 3.63) is 63.8 Å². The summed E-state index contributed by atoms with van der Waals surface area (Å²) in [7, 11) is 2.14. The van der Waals surface area contributed by atoms with Gasteiger partial charge in [0.25, 0.3) is 0 Å². The second kappa shape index (κ2) is 12.2. The molecule has 182 valence electrons. The largest absolute Gasteiger partial charge is 0.444 e. The standard InChI is InChI=1S/C21H25N5O6S2/c1-21(2,3)32-20(29)25-15(12-33-34-19-16(26(30)31)8-5-9-23-19)18(28)24-11-13-6-4-7-14(10-13)17(22)27/h4-10,15H,11-12H2,1-3H3,(H2,22,27)(H,24,28)(H,25,29). The van der Waals surface area contributed by atoms with Crippen molar-refractivity contribution in [1.82, 2.24) is 15.6 Å². The molecule has 13 heteroatoms. The lowest BCUT2D eigenvalue weighted by Gasteiger charge is -2.23. The van der Waals surface area contributed by atoms with Crippen molar-refractivity contribution in [1.29, 1.82) is 0 Å². The number of amides is 3. The average Bonchev–Trinajstić information content (AvgIpc) is 2.76. The van der Waals surface area contributed by atoms with E-state index in [0.29, 0.717) is 11.1 Å². The lowest BCUT2D eigenvalue weighted by Crippen LogP contribution is -2.49. The second-order valence-electron chi connectivity index (χ2n) is 7.93. The minimum Gasteiger partial charge on any atom is -0.444 e.